The van der Waals surface area contributed by atoms with Crippen molar-refractivity contribution in [2.45, 2.75) is 20.3 Å². The zero-order chi connectivity index (χ0) is 8.97. The van der Waals surface area contributed by atoms with E-state index in [0.29, 0.717) is 0 Å². The molecule has 0 unspecified atom stereocenters. The molecule has 1 aromatic rings. The Morgan fingerprint density at radius 3 is 2.75 bits per heavy atom. The molecular weight excluding hydrogens is 147 g/mol. The van der Waals surface area contributed by atoms with E-state index >= 15 is 0 Å². The van der Waals surface area contributed by atoms with Gasteiger partial charge in [0.2, 0.25) is 0 Å². The lowest BCUT2D eigenvalue weighted by molar-refractivity contribution is 0.315. The third-order valence-electron chi connectivity index (χ3n) is 1.79. The maximum atomic E-state index is 5.54. The molecule has 0 saturated carbocycles. The highest BCUT2D eigenvalue weighted by Crippen LogP contribution is 2.14. The maximum Gasteiger partial charge on any atom is 0.139 e. The molecule has 0 saturated heterocycles. The Hall–Kier alpha value is -0.915. The van der Waals surface area contributed by atoms with E-state index in [1.807, 2.05) is 6.07 Å². The fourth-order valence-electron chi connectivity index (χ4n) is 1.17. The molecule has 0 aliphatic heterocycles. The topological polar surface area (TPSA) is 9.23 Å². The predicted octanol–water partition coefficient (Wildman–Crippen LogP) is 1.04. The number of hydrogen-bond donors (Lipinski definition) is 0. The summed E-state index contributed by atoms with van der Waals surface area (Å²) in [6.07, 6.45) is 1.06. The van der Waals surface area contributed by atoms with Gasteiger partial charge in [0.15, 0.2) is 0 Å². The summed E-state index contributed by atoms with van der Waals surface area (Å²) in [5.74, 6) is 1.02. The molecule has 0 N–H and O–H groups in total. The first kappa shape index (κ1) is 9.18. The molecule has 0 spiro atoms. The first-order valence-electron chi connectivity index (χ1n) is 4.44. The van der Waals surface area contributed by atoms with Gasteiger partial charge in [-0.05, 0) is 25.0 Å². The van der Waals surface area contributed by atoms with Crippen molar-refractivity contribution in [3.8, 4) is 5.75 Å². The van der Waals surface area contributed by atoms with Gasteiger partial charge >= 0.3 is 0 Å². The minimum absolute atomic E-state index is 0.809. The third-order valence-corrected chi connectivity index (χ3v) is 1.79. The predicted molar refractivity (Wildman–Crippen MR) is 55.1 cm³/mol. The van der Waals surface area contributed by atoms with Crippen LogP contribution < -0.4 is 10.2 Å². The smallest absolute Gasteiger partial charge is 0.139 e. The molecule has 0 atom stereocenters. The number of aryl methyl sites for hydroxylation is 1. The zero-order valence-corrected chi connectivity index (χ0v) is 8.05. The second-order valence-corrected chi connectivity index (χ2v) is 3.12. The van der Waals surface area contributed by atoms with Gasteiger partial charge in [-0.1, -0.05) is 24.5 Å². The standard InChI is InChI=1S/C10H15BO/c1-3-6-12-10-5-4-9(11)7-8(10)2/h4-5,7H,3,6,11H2,1-2H3. The molecule has 0 bridgehead atoms. The van der Waals surface area contributed by atoms with Crippen molar-refractivity contribution in [2.75, 3.05) is 6.61 Å². The van der Waals surface area contributed by atoms with E-state index in [1.165, 1.54) is 11.0 Å². The van der Waals surface area contributed by atoms with Crippen LogP contribution >= 0.6 is 0 Å². The highest BCUT2D eigenvalue weighted by atomic mass is 16.5. The molecule has 0 amide bonds. The zero-order valence-electron chi connectivity index (χ0n) is 8.05. The quantitative estimate of drug-likeness (QED) is 0.603. The summed E-state index contributed by atoms with van der Waals surface area (Å²) in [5.41, 5.74) is 2.51. The Balaban J connectivity index is 2.72. The summed E-state index contributed by atoms with van der Waals surface area (Å²) in [6, 6.07) is 6.27. The van der Waals surface area contributed by atoms with Crippen LogP contribution in [0.3, 0.4) is 0 Å². The van der Waals surface area contributed by atoms with Crippen LogP contribution in [-0.4, -0.2) is 14.5 Å². The van der Waals surface area contributed by atoms with Crippen molar-refractivity contribution in [3.63, 3.8) is 0 Å². The van der Waals surface area contributed by atoms with Crippen molar-refractivity contribution < 1.29 is 4.74 Å². The molecule has 1 rings (SSSR count). The summed E-state index contributed by atoms with van der Waals surface area (Å²) < 4.78 is 5.54. The first-order valence-corrected chi connectivity index (χ1v) is 4.44. The van der Waals surface area contributed by atoms with Gasteiger partial charge in [0.1, 0.15) is 13.6 Å². The lowest BCUT2D eigenvalue weighted by Crippen LogP contribution is -2.04. The van der Waals surface area contributed by atoms with Gasteiger partial charge in [-0.25, -0.2) is 0 Å². The number of benzene rings is 1. The SMILES string of the molecule is Bc1ccc(OCCC)c(C)c1. The lowest BCUT2D eigenvalue weighted by Gasteiger charge is -2.07. The Morgan fingerprint density at radius 1 is 1.42 bits per heavy atom. The lowest BCUT2D eigenvalue weighted by atomic mass is 9.94. The van der Waals surface area contributed by atoms with Gasteiger partial charge < -0.3 is 4.74 Å². The van der Waals surface area contributed by atoms with Gasteiger partial charge in [-0.15, -0.1) is 0 Å². The molecule has 2 heteroatoms. The Kier molecular flexibility index (Phi) is 3.21. The van der Waals surface area contributed by atoms with E-state index in [-0.39, 0.29) is 0 Å². The Labute approximate surface area is 75.2 Å². The third kappa shape index (κ3) is 2.30. The van der Waals surface area contributed by atoms with Gasteiger partial charge in [0.25, 0.3) is 0 Å². The van der Waals surface area contributed by atoms with Crippen molar-refractivity contribution in [2.24, 2.45) is 0 Å². The van der Waals surface area contributed by atoms with Crippen LogP contribution in [0.4, 0.5) is 0 Å². The molecular formula is C10H15BO. The average molecular weight is 162 g/mol. The van der Waals surface area contributed by atoms with Gasteiger partial charge in [-0.2, -0.15) is 0 Å². The van der Waals surface area contributed by atoms with Crippen LogP contribution in [0.25, 0.3) is 0 Å². The monoisotopic (exact) mass is 162 g/mol. The number of rotatable bonds is 3. The molecule has 0 aliphatic carbocycles. The van der Waals surface area contributed by atoms with E-state index < -0.39 is 0 Å². The normalized spacial score (nSPS) is 9.83. The number of ether oxygens (including phenoxy) is 1. The summed E-state index contributed by atoms with van der Waals surface area (Å²) >= 11 is 0. The summed E-state index contributed by atoms with van der Waals surface area (Å²) in [4.78, 5) is 0. The van der Waals surface area contributed by atoms with Crippen molar-refractivity contribution in [1.82, 2.24) is 0 Å². The maximum absolute atomic E-state index is 5.54. The summed E-state index contributed by atoms with van der Waals surface area (Å²) in [7, 11) is 2.09. The molecule has 1 aromatic carbocycles. The van der Waals surface area contributed by atoms with Crippen LogP contribution in [-0.2, 0) is 0 Å². The molecule has 0 radical (unpaired) electrons. The van der Waals surface area contributed by atoms with Crippen LogP contribution in [0, 0.1) is 6.92 Å². The summed E-state index contributed by atoms with van der Waals surface area (Å²) in [5, 5.41) is 0. The fourth-order valence-corrected chi connectivity index (χ4v) is 1.17. The van der Waals surface area contributed by atoms with E-state index in [4.69, 9.17) is 4.74 Å². The molecule has 1 nitrogen and oxygen atoms in total. The van der Waals surface area contributed by atoms with E-state index in [9.17, 15) is 0 Å². The molecule has 0 fully saturated rings. The van der Waals surface area contributed by atoms with Crippen molar-refractivity contribution in [1.29, 1.82) is 0 Å². The Morgan fingerprint density at radius 2 is 2.17 bits per heavy atom. The first-order chi connectivity index (χ1) is 5.74. The van der Waals surface area contributed by atoms with E-state index in [0.717, 1.165) is 18.8 Å². The molecule has 12 heavy (non-hydrogen) atoms. The largest absolute Gasteiger partial charge is 0.493 e. The van der Waals surface area contributed by atoms with Crippen molar-refractivity contribution in [3.05, 3.63) is 23.8 Å². The molecule has 64 valence electrons. The van der Waals surface area contributed by atoms with E-state index in [2.05, 4.69) is 33.8 Å². The fraction of sp³-hybridized carbons (Fsp3) is 0.400. The van der Waals surface area contributed by atoms with Gasteiger partial charge in [0.05, 0.1) is 6.61 Å². The van der Waals surface area contributed by atoms with E-state index in [1.54, 1.807) is 0 Å². The minimum atomic E-state index is 0.809. The van der Waals surface area contributed by atoms with Crippen LogP contribution in [0.15, 0.2) is 18.2 Å². The molecule has 0 aliphatic rings. The van der Waals surface area contributed by atoms with Crippen LogP contribution in [0.1, 0.15) is 18.9 Å². The highest BCUT2D eigenvalue weighted by molar-refractivity contribution is 6.32. The van der Waals surface area contributed by atoms with Crippen molar-refractivity contribution >= 4 is 13.3 Å². The average Bonchev–Trinajstić information content (AvgIpc) is 2.03. The summed E-state index contributed by atoms with van der Waals surface area (Å²) in [6.45, 7) is 5.01. The van der Waals surface area contributed by atoms with Crippen LogP contribution in [0.2, 0.25) is 0 Å². The second kappa shape index (κ2) is 4.20. The Bertz CT molecular complexity index is 258. The molecule has 0 aromatic heterocycles. The minimum Gasteiger partial charge on any atom is -0.493 e. The number of hydrogen-bond acceptors (Lipinski definition) is 1. The molecule has 0 heterocycles. The highest BCUT2D eigenvalue weighted by Gasteiger charge is 1.97. The van der Waals surface area contributed by atoms with Gasteiger partial charge in [0, 0.05) is 0 Å². The second-order valence-electron chi connectivity index (χ2n) is 3.12. The van der Waals surface area contributed by atoms with Crippen LogP contribution in [0.5, 0.6) is 5.75 Å². The van der Waals surface area contributed by atoms with Gasteiger partial charge in [-0.3, -0.25) is 0 Å².